The molecule has 1 heterocycles. The number of nitrogens with two attached hydrogens (primary N) is 1. The van der Waals surface area contributed by atoms with E-state index in [-0.39, 0.29) is 0 Å². The quantitative estimate of drug-likeness (QED) is 0.791. The Balaban J connectivity index is 1.87. The van der Waals surface area contributed by atoms with E-state index in [1.807, 2.05) is 32.0 Å². The molecule has 0 saturated carbocycles. The fourth-order valence-corrected chi connectivity index (χ4v) is 1.64. The number of hydrogen-bond donors (Lipinski definition) is 2. The van der Waals surface area contributed by atoms with Crippen molar-refractivity contribution in [2.45, 2.75) is 26.9 Å². The van der Waals surface area contributed by atoms with Gasteiger partial charge in [-0.05, 0) is 31.0 Å². The summed E-state index contributed by atoms with van der Waals surface area (Å²) in [5.41, 5.74) is 9.89. The lowest BCUT2D eigenvalue weighted by Gasteiger charge is -2.05. The Bertz CT molecular complexity index is 505. The highest BCUT2D eigenvalue weighted by Gasteiger charge is 2.00. The molecule has 2 aromatic rings. The number of nitrogen functional groups attached to an aromatic ring is 1. The van der Waals surface area contributed by atoms with E-state index in [9.17, 15) is 0 Å². The zero-order chi connectivity index (χ0) is 12.3. The van der Waals surface area contributed by atoms with E-state index >= 15 is 0 Å². The molecular formula is C13H17N3O. The van der Waals surface area contributed by atoms with E-state index in [0.717, 1.165) is 29.2 Å². The molecule has 0 aliphatic rings. The number of benzene rings is 1. The fourth-order valence-electron chi connectivity index (χ4n) is 1.64. The molecule has 0 amide bonds. The van der Waals surface area contributed by atoms with Crippen LogP contribution < -0.4 is 11.1 Å². The van der Waals surface area contributed by atoms with E-state index < -0.39 is 0 Å². The smallest absolute Gasteiger partial charge is 0.133 e. The van der Waals surface area contributed by atoms with Crippen LogP contribution in [-0.4, -0.2) is 5.16 Å². The van der Waals surface area contributed by atoms with Crippen LogP contribution in [0.4, 0.5) is 5.69 Å². The summed E-state index contributed by atoms with van der Waals surface area (Å²) in [6.07, 6.45) is 0. The summed E-state index contributed by atoms with van der Waals surface area (Å²) in [7, 11) is 0. The molecule has 1 aromatic heterocycles. The highest BCUT2D eigenvalue weighted by molar-refractivity contribution is 5.48. The average molecular weight is 231 g/mol. The van der Waals surface area contributed by atoms with Gasteiger partial charge < -0.3 is 15.6 Å². The minimum absolute atomic E-state index is 0.700. The van der Waals surface area contributed by atoms with Crippen molar-refractivity contribution in [3.05, 3.63) is 46.8 Å². The molecule has 0 fully saturated rings. The lowest BCUT2D eigenvalue weighted by Crippen LogP contribution is -2.13. The van der Waals surface area contributed by atoms with Crippen molar-refractivity contribution >= 4 is 5.69 Å². The molecule has 4 nitrogen and oxygen atoms in total. The lowest BCUT2D eigenvalue weighted by molar-refractivity contribution is 0.388. The first-order valence-corrected chi connectivity index (χ1v) is 5.63. The molecule has 0 radical (unpaired) electrons. The van der Waals surface area contributed by atoms with Gasteiger partial charge in [-0.3, -0.25) is 0 Å². The minimum Gasteiger partial charge on any atom is -0.399 e. The van der Waals surface area contributed by atoms with E-state index in [1.54, 1.807) is 0 Å². The molecule has 1 aromatic carbocycles. The van der Waals surface area contributed by atoms with Crippen LogP contribution in [0.15, 0.2) is 28.8 Å². The Morgan fingerprint density at radius 3 is 2.71 bits per heavy atom. The van der Waals surface area contributed by atoms with E-state index in [0.29, 0.717) is 6.54 Å². The number of anilines is 1. The van der Waals surface area contributed by atoms with Crippen LogP contribution in [0.25, 0.3) is 0 Å². The summed E-state index contributed by atoms with van der Waals surface area (Å²) < 4.78 is 4.99. The van der Waals surface area contributed by atoms with Gasteiger partial charge >= 0.3 is 0 Å². The summed E-state index contributed by atoms with van der Waals surface area (Å²) in [6, 6.07) is 8.03. The molecule has 2 rings (SSSR count). The maximum atomic E-state index is 5.85. The summed E-state index contributed by atoms with van der Waals surface area (Å²) in [6.45, 7) is 5.36. The SMILES string of the molecule is Cc1cc(CNCc2ccc(C)c(N)c2)no1. The van der Waals surface area contributed by atoms with Gasteiger partial charge in [0.15, 0.2) is 0 Å². The average Bonchev–Trinajstić information content (AvgIpc) is 2.70. The van der Waals surface area contributed by atoms with Crippen molar-refractivity contribution in [3.63, 3.8) is 0 Å². The van der Waals surface area contributed by atoms with Crippen molar-refractivity contribution in [1.29, 1.82) is 0 Å². The first-order chi connectivity index (χ1) is 8.15. The van der Waals surface area contributed by atoms with Crippen LogP contribution in [0.3, 0.4) is 0 Å². The van der Waals surface area contributed by atoms with Crippen LogP contribution >= 0.6 is 0 Å². The monoisotopic (exact) mass is 231 g/mol. The molecule has 0 unspecified atom stereocenters. The van der Waals surface area contributed by atoms with Gasteiger partial charge in [-0.25, -0.2) is 0 Å². The highest BCUT2D eigenvalue weighted by atomic mass is 16.5. The topological polar surface area (TPSA) is 64.1 Å². The molecule has 0 atom stereocenters. The van der Waals surface area contributed by atoms with Gasteiger partial charge in [0.2, 0.25) is 0 Å². The summed E-state index contributed by atoms with van der Waals surface area (Å²) in [5, 5.41) is 7.22. The minimum atomic E-state index is 0.700. The molecule has 0 aliphatic heterocycles. The Labute approximate surface area is 101 Å². The van der Waals surface area contributed by atoms with Gasteiger partial charge in [-0.1, -0.05) is 17.3 Å². The maximum absolute atomic E-state index is 5.85. The summed E-state index contributed by atoms with van der Waals surface area (Å²) in [4.78, 5) is 0. The number of hydrogen-bond acceptors (Lipinski definition) is 4. The van der Waals surface area contributed by atoms with E-state index in [4.69, 9.17) is 10.3 Å². The van der Waals surface area contributed by atoms with Crippen LogP contribution in [-0.2, 0) is 13.1 Å². The first-order valence-electron chi connectivity index (χ1n) is 5.63. The van der Waals surface area contributed by atoms with Crippen molar-refractivity contribution < 1.29 is 4.52 Å². The summed E-state index contributed by atoms with van der Waals surface area (Å²) >= 11 is 0. The van der Waals surface area contributed by atoms with Gasteiger partial charge in [0, 0.05) is 24.8 Å². The molecule has 0 spiro atoms. The van der Waals surface area contributed by atoms with Crippen LogP contribution in [0.1, 0.15) is 22.6 Å². The number of aryl methyl sites for hydroxylation is 2. The normalized spacial score (nSPS) is 10.7. The van der Waals surface area contributed by atoms with Gasteiger partial charge in [0.25, 0.3) is 0 Å². The standard InChI is InChI=1S/C13H17N3O/c1-9-3-4-11(6-13(9)14)7-15-8-12-5-10(2)17-16-12/h3-6,15H,7-8,14H2,1-2H3. The predicted molar refractivity (Wildman–Crippen MR) is 67.4 cm³/mol. The van der Waals surface area contributed by atoms with Crippen LogP contribution in [0.2, 0.25) is 0 Å². The number of rotatable bonds is 4. The molecule has 4 heteroatoms. The molecule has 0 aliphatic carbocycles. The fraction of sp³-hybridized carbons (Fsp3) is 0.308. The Kier molecular flexibility index (Phi) is 3.44. The second-order valence-electron chi connectivity index (χ2n) is 4.22. The van der Waals surface area contributed by atoms with Gasteiger partial charge in [0.1, 0.15) is 5.76 Å². The van der Waals surface area contributed by atoms with Gasteiger partial charge in [-0.2, -0.15) is 0 Å². The molecule has 17 heavy (non-hydrogen) atoms. The van der Waals surface area contributed by atoms with Crippen molar-refractivity contribution in [2.24, 2.45) is 0 Å². The summed E-state index contributed by atoms with van der Waals surface area (Å²) in [5.74, 6) is 0.835. The van der Waals surface area contributed by atoms with Crippen molar-refractivity contribution in [2.75, 3.05) is 5.73 Å². The maximum Gasteiger partial charge on any atom is 0.133 e. The Hall–Kier alpha value is -1.81. The second kappa shape index (κ2) is 5.01. The van der Waals surface area contributed by atoms with Gasteiger partial charge in [-0.15, -0.1) is 0 Å². The number of aromatic nitrogens is 1. The number of nitrogens with zero attached hydrogens (tertiary/aromatic N) is 1. The molecule has 0 bridgehead atoms. The largest absolute Gasteiger partial charge is 0.399 e. The Morgan fingerprint density at radius 2 is 2.06 bits per heavy atom. The van der Waals surface area contributed by atoms with Crippen molar-refractivity contribution in [1.82, 2.24) is 10.5 Å². The Morgan fingerprint density at radius 1 is 1.24 bits per heavy atom. The number of nitrogens with one attached hydrogen (secondary N) is 1. The van der Waals surface area contributed by atoms with E-state index in [1.165, 1.54) is 5.56 Å². The molecule has 90 valence electrons. The molecule has 3 N–H and O–H groups in total. The van der Waals surface area contributed by atoms with Crippen LogP contribution in [0, 0.1) is 13.8 Å². The van der Waals surface area contributed by atoms with Gasteiger partial charge in [0.05, 0.1) is 5.69 Å². The molecule has 0 saturated heterocycles. The molecular weight excluding hydrogens is 214 g/mol. The zero-order valence-corrected chi connectivity index (χ0v) is 10.2. The predicted octanol–water partition coefficient (Wildman–Crippen LogP) is 2.16. The lowest BCUT2D eigenvalue weighted by atomic mass is 10.1. The van der Waals surface area contributed by atoms with Crippen LogP contribution in [0.5, 0.6) is 0 Å². The second-order valence-corrected chi connectivity index (χ2v) is 4.22. The third kappa shape index (κ3) is 3.07. The first kappa shape index (κ1) is 11.7. The highest BCUT2D eigenvalue weighted by Crippen LogP contribution is 2.12. The third-order valence-electron chi connectivity index (χ3n) is 2.66. The van der Waals surface area contributed by atoms with E-state index in [2.05, 4.69) is 16.5 Å². The van der Waals surface area contributed by atoms with Crippen molar-refractivity contribution in [3.8, 4) is 0 Å². The zero-order valence-electron chi connectivity index (χ0n) is 10.2. The third-order valence-corrected chi connectivity index (χ3v) is 2.66.